The van der Waals surface area contributed by atoms with E-state index in [1.54, 1.807) is 36.4 Å². The Morgan fingerprint density at radius 1 is 0.839 bits per heavy atom. The van der Waals surface area contributed by atoms with E-state index in [0.717, 1.165) is 15.2 Å². The molecular formula is C24H18BrNO4S. The Kier molecular flexibility index (Phi) is 5.80. The summed E-state index contributed by atoms with van der Waals surface area (Å²) in [5.41, 5.74) is 0.812. The number of hydrogen-bond acceptors (Lipinski definition) is 4. The smallest absolute Gasteiger partial charge is 0.343 e. The lowest BCUT2D eigenvalue weighted by Crippen LogP contribution is -2.26. The number of rotatable bonds is 5. The molecule has 0 fully saturated rings. The van der Waals surface area contributed by atoms with Crippen LogP contribution in [0, 0.1) is 0 Å². The average molecular weight is 496 g/mol. The molecule has 0 spiro atoms. The van der Waals surface area contributed by atoms with Gasteiger partial charge in [0.25, 0.3) is 10.0 Å². The molecule has 0 unspecified atom stereocenters. The fourth-order valence-electron chi connectivity index (χ4n) is 3.12. The summed E-state index contributed by atoms with van der Waals surface area (Å²) >= 11 is 3.43. The molecule has 4 rings (SSSR count). The summed E-state index contributed by atoms with van der Waals surface area (Å²) < 4.78 is 33.4. The topological polar surface area (TPSA) is 63.7 Å². The first kappa shape index (κ1) is 21.1. The zero-order valence-electron chi connectivity index (χ0n) is 16.5. The normalized spacial score (nSPS) is 11.3. The molecule has 0 saturated heterocycles. The van der Waals surface area contributed by atoms with Crippen molar-refractivity contribution in [2.24, 2.45) is 0 Å². The van der Waals surface area contributed by atoms with Crippen molar-refractivity contribution in [3.8, 4) is 5.75 Å². The zero-order chi connectivity index (χ0) is 22.0. The van der Waals surface area contributed by atoms with E-state index in [1.165, 1.54) is 35.6 Å². The van der Waals surface area contributed by atoms with Crippen molar-refractivity contribution >= 4 is 48.4 Å². The van der Waals surface area contributed by atoms with E-state index in [2.05, 4.69) is 15.9 Å². The fraction of sp³-hybridized carbons (Fsp3) is 0.0417. The monoisotopic (exact) mass is 495 g/mol. The summed E-state index contributed by atoms with van der Waals surface area (Å²) in [5, 5.41) is 1.96. The molecule has 156 valence electrons. The Morgan fingerprint density at radius 2 is 1.48 bits per heavy atom. The number of anilines is 1. The molecule has 4 aromatic carbocycles. The quantitative estimate of drug-likeness (QED) is 0.265. The molecule has 0 aliphatic rings. The Labute approximate surface area is 189 Å². The van der Waals surface area contributed by atoms with Gasteiger partial charge in [-0.25, -0.2) is 13.2 Å². The van der Waals surface area contributed by atoms with E-state index in [-0.39, 0.29) is 10.5 Å². The average Bonchev–Trinajstić information content (AvgIpc) is 2.79. The Bertz CT molecular complexity index is 1350. The van der Waals surface area contributed by atoms with Crippen molar-refractivity contribution in [1.82, 2.24) is 0 Å². The summed E-state index contributed by atoms with van der Waals surface area (Å²) in [6.45, 7) is 0. The first-order valence-corrected chi connectivity index (χ1v) is 11.6. The standard InChI is InChI=1S/C24H18BrNO4S/c1-26(21-5-3-2-4-6-21)31(28,29)23-13-9-17(10-14-23)24(27)30-22-12-8-18-15-20(25)11-7-19(18)16-22/h2-16H,1H3. The lowest BCUT2D eigenvalue weighted by molar-refractivity contribution is 0.0735. The van der Waals surface area contributed by atoms with Crippen LogP contribution in [0.3, 0.4) is 0 Å². The largest absolute Gasteiger partial charge is 0.423 e. The number of halogens is 1. The minimum absolute atomic E-state index is 0.0895. The maximum atomic E-state index is 12.9. The van der Waals surface area contributed by atoms with Crippen molar-refractivity contribution in [1.29, 1.82) is 0 Å². The molecule has 0 amide bonds. The molecule has 31 heavy (non-hydrogen) atoms. The fourth-order valence-corrected chi connectivity index (χ4v) is 4.70. The van der Waals surface area contributed by atoms with Crippen LogP contribution in [0.25, 0.3) is 10.8 Å². The second kappa shape index (κ2) is 8.53. The number of carbonyl (C=O) groups excluding carboxylic acids is 1. The molecular weight excluding hydrogens is 478 g/mol. The van der Waals surface area contributed by atoms with Crippen LogP contribution < -0.4 is 9.04 Å². The molecule has 0 aliphatic heterocycles. The highest BCUT2D eigenvalue weighted by molar-refractivity contribution is 9.10. The first-order chi connectivity index (χ1) is 14.8. The number of ether oxygens (including phenoxy) is 1. The third-order valence-corrected chi connectivity index (χ3v) is 7.15. The lowest BCUT2D eigenvalue weighted by atomic mass is 10.1. The van der Waals surface area contributed by atoms with E-state index < -0.39 is 16.0 Å². The van der Waals surface area contributed by atoms with Crippen LogP contribution in [-0.4, -0.2) is 21.4 Å². The van der Waals surface area contributed by atoms with Crippen LogP contribution >= 0.6 is 15.9 Å². The van der Waals surface area contributed by atoms with Crippen LogP contribution in [0.2, 0.25) is 0 Å². The highest BCUT2D eigenvalue weighted by Gasteiger charge is 2.21. The number of carbonyl (C=O) groups is 1. The van der Waals surface area contributed by atoms with Gasteiger partial charge in [-0.2, -0.15) is 0 Å². The van der Waals surface area contributed by atoms with Gasteiger partial charge < -0.3 is 4.74 Å². The third kappa shape index (κ3) is 4.47. The summed E-state index contributed by atoms with van der Waals surface area (Å²) in [6.07, 6.45) is 0. The zero-order valence-corrected chi connectivity index (χ0v) is 18.9. The Morgan fingerprint density at radius 3 is 2.19 bits per heavy atom. The molecule has 0 aliphatic carbocycles. The van der Waals surface area contributed by atoms with Crippen LogP contribution in [0.1, 0.15) is 10.4 Å². The van der Waals surface area contributed by atoms with E-state index >= 15 is 0 Å². The molecule has 0 aromatic heterocycles. The molecule has 0 bridgehead atoms. The minimum atomic E-state index is -3.74. The van der Waals surface area contributed by atoms with Crippen molar-refractivity contribution < 1.29 is 17.9 Å². The number of benzene rings is 4. The molecule has 0 radical (unpaired) electrons. The van der Waals surface area contributed by atoms with Gasteiger partial charge in [0, 0.05) is 11.5 Å². The van der Waals surface area contributed by atoms with Gasteiger partial charge in [-0.05, 0) is 71.4 Å². The van der Waals surface area contributed by atoms with Crippen molar-refractivity contribution in [2.75, 3.05) is 11.4 Å². The lowest BCUT2D eigenvalue weighted by Gasteiger charge is -2.19. The number of para-hydroxylation sites is 1. The van der Waals surface area contributed by atoms with Gasteiger partial charge in [-0.15, -0.1) is 0 Å². The van der Waals surface area contributed by atoms with Crippen LogP contribution in [-0.2, 0) is 10.0 Å². The predicted molar refractivity (Wildman–Crippen MR) is 125 cm³/mol. The van der Waals surface area contributed by atoms with Crippen LogP contribution in [0.15, 0.2) is 100 Å². The maximum absolute atomic E-state index is 12.9. The second-order valence-corrected chi connectivity index (χ2v) is 9.76. The van der Waals surface area contributed by atoms with Crippen LogP contribution in [0.5, 0.6) is 5.75 Å². The maximum Gasteiger partial charge on any atom is 0.343 e. The number of hydrogen-bond donors (Lipinski definition) is 0. The van der Waals surface area contributed by atoms with Gasteiger partial charge in [0.15, 0.2) is 0 Å². The van der Waals surface area contributed by atoms with Gasteiger partial charge in [0.1, 0.15) is 5.75 Å². The van der Waals surface area contributed by atoms with E-state index in [1.807, 2.05) is 30.3 Å². The van der Waals surface area contributed by atoms with E-state index in [9.17, 15) is 13.2 Å². The van der Waals surface area contributed by atoms with Crippen molar-refractivity contribution in [3.63, 3.8) is 0 Å². The molecule has 0 heterocycles. The number of fused-ring (bicyclic) bond motifs is 1. The minimum Gasteiger partial charge on any atom is -0.423 e. The number of sulfonamides is 1. The summed E-state index contributed by atoms with van der Waals surface area (Å²) in [6, 6.07) is 25.7. The van der Waals surface area contributed by atoms with Crippen LogP contribution in [0.4, 0.5) is 5.69 Å². The van der Waals surface area contributed by atoms with Gasteiger partial charge in [-0.1, -0.05) is 46.3 Å². The SMILES string of the molecule is CN(c1ccccc1)S(=O)(=O)c1ccc(C(=O)Oc2ccc3cc(Br)ccc3c2)cc1. The third-order valence-electron chi connectivity index (χ3n) is 4.85. The van der Waals surface area contributed by atoms with Gasteiger partial charge in [0.2, 0.25) is 0 Å². The summed E-state index contributed by atoms with van der Waals surface area (Å²) in [7, 11) is -2.25. The Balaban J connectivity index is 1.52. The van der Waals surface area contributed by atoms with Crippen molar-refractivity contribution in [3.05, 3.63) is 101 Å². The van der Waals surface area contributed by atoms with Gasteiger partial charge in [0.05, 0.1) is 16.1 Å². The predicted octanol–water partition coefficient (Wildman–Crippen LogP) is 5.65. The molecule has 0 N–H and O–H groups in total. The summed E-state index contributed by atoms with van der Waals surface area (Å²) in [4.78, 5) is 12.6. The number of nitrogens with zero attached hydrogens (tertiary/aromatic N) is 1. The molecule has 0 atom stereocenters. The Hall–Kier alpha value is -3.16. The molecule has 0 saturated carbocycles. The molecule has 4 aromatic rings. The first-order valence-electron chi connectivity index (χ1n) is 9.40. The van der Waals surface area contributed by atoms with E-state index in [0.29, 0.717) is 11.4 Å². The highest BCUT2D eigenvalue weighted by atomic mass is 79.9. The highest BCUT2D eigenvalue weighted by Crippen LogP contribution is 2.25. The summed E-state index contributed by atoms with van der Waals surface area (Å²) in [5.74, 6) is -0.142. The van der Waals surface area contributed by atoms with Gasteiger partial charge in [-0.3, -0.25) is 4.31 Å². The van der Waals surface area contributed by atoms with Gasteiger partial charge >= 0.3 is 5.97 Å². The molecule has 7 heteroatoms. The van der Waals surface area contributed by atoms with E-state index in [4.69, 9.17) is 4.74 Å². The van der Waals surface area contributed by atoms with Crippen molar-refractivity contribution in [2.45, 2.75) is 4.90 Å². The molecule has 5 nitrogen and oxygen atoms in total. The number of esters is 1. The second-order valence-electron chi connectivity index (χ2n) is 6.88.